The van der Waals surface area contributed by atoms with E-state index in [1.807, 2.05) is 42.5 Å². The van der Waals surface area contributed by atoms with Crippen molar-refractivity contribution >= 4 is 15.9 Å². The van der Waals surface area contributed by atoms with E-state index >= 15 is 0 Å². The number of rotatable bonds is 6. The molecule has 4 heteroatoms. The van der Waals surface area contributed by atoms with Gasteiger partial charge in [0.25, 0.3) is 0 Å². The lowest BCUT2D eigenvalue weighted by Crippen LogP contribution is -2.13. The highest BCUT2D eigenvalue weighted by Crippen LogP contribution is 2.27. The molecule has 0 aromatic heterocycles. The predicted molar refractivity (Wildman–Crippen MR) is 87.4 cm³/mol. The van der Waals surface area contributed by atoms with Crippen molar-refractivity contribution in [2.24, 2.45) is 0 Å². The quantitative estimate of drug-likeness (QED) is 0.778. The lowest BCUT2D eigenvalue weighted by molar-refractivity contribution is 0.480. The van der Waals surface area contributed by atoms with Crippen LogP contribution in [0.15, 0.2) is 46.9 Å². The van der Waals surface area contributed by atoms with Crippen LogP contribution in [0.3, 0.4) is 0 Å². The molecule has 3 nitrogen and oxygen atoms in total. The molecule has 2 aromatic carbocycles. The summed E-state index contributed by atoms with van der Waals surface area (Å²) in [6.45, 7) is 3.86. The maximum absolute atomic E-state index is 9.28. The summed E-state index contributed by atoms with van der Waals surface area (Å²) in [6, 6.07) is 15.4. The smallest absolute Gasteiger partial charge is 0.145 e. The Morgan fingerprint density at radius 1 is 1.19 bits per heavy atom. The van der Waals surface area contributed by atoms with Crippen LogP contribution in [0.25, 0.3) is 0 Å². The Bertz CT molecular complexity index is 632. The molecule has 0 amide bonds. The van der Waals surface area contributed by atoms with Crippen molar-refractivity contribution in [1.29, 1.82) is 5.26 Å². The third-order valence-electron chi connectivity index (χ3n) is 2.96. The number of hydrogen-bond acceptors (Lipinski definition) is 3. The van der Waals surface area contributed by atoms with Gasteiger partial charge in [-0.1, -0.05) is 28.9 Å². The highest BCUT2D eigenvalue weighted by Gasteiger charge is 2.06. The van der Waals surface area contributed by atoms with Gasteiger partial charge in [0.05, 0.1) is 5.56 Å². The number of nitriles is 1. The molecule has 0 spiro atoms. The van der Waals surface area contributed by atoms with Gasteiger partial charge in [0.2, 0.25) is 0 Å². The first-order chi connectivity index (χ1) is 10.2. The van der Waals surface area contributed by atoms with Crippen molar-refractivity contribution in [3.05, 3.63) is 58.1 Å². The summed E-state index contributed by atoms with van der Waals surface area (Å²) >= 11 is 3.38. The van der Waals surface area contributed by atoms with Gasteiger partial charge < -0.3 is 10.1 Å². The van der Waals surface area contributed by atoms with Crippen LogP contribution in [0.5, 0.6) is 11.5 Å². The monoisotopic (exact) mass is 344 g/mol. The minimum Gasteiger partial charge on any atom is -0.456 e. The molecule has 0 saturated carbocycles. The fraction of sp³-hybridized carbons (Fsp3) is 0.235. The molecular weight excluding hydrogens is 328 g/mol. The molecule has 0 fully saturated rings. The molecule has 0 atom stereocenters. The number of benzene rings is 2. The molecule has 2 rings (SSSR count). The van der Waals surface area contributed by atoms with E-state index in [-0.39, 0.29) is 0 Å². The third kappa shape index (κ3) is 4.59. The molecule has 0 heterocycles. The van der Waals surface area contributed by atoms with E-state index in [2.05, 4.69) is 34.2 Å². The largest absolute Gasteiger partial charge is 0.456 e. The van der Waals surface area contributed by atoms with Crippen LogP contribution in [0.4, 0.5) is 0 Å². The molecule has 108 valence electrons. The van der Waals surface area contributed by atoms with Crippen molar-refractivity contribution in [3.8, 4) is 17.6 Å². The normalized spacial score (nSPS) is 10.1. The topological polar surface area (TPSA) is 45.0 Å². The lowest BCUT2D eigenvalue weighted by Gasteiger charge is -2.09. The molecular formula is C17H17BrN2O. The SMILES string of the molecule is CCCNCc1ccc(Oc2ccc(Br)cc2)c(C#N)c1. The summed E-state index contributed by atoms with van der Waals surface area (Å²) in [6.07, 6.45) is 1.09. The van der Waals surface area contributed by atoms with Crippen LogP contribution in [-0.2, 0) is 6.54 Å². The zero-order chi connectivity index (χ0) is 15.1. The molecule has 0 radical (unpaired) electrons. The van der Waals surface area contributed by atoms with Gasteiger partial charge in [-0.05, 0) is 54.9 Å². The first-order valence-electron chi connectivity index (χ1n) is 6.90. The summed E-state index contributed by atoms with van der Waals surface area (Å²) in [4.78, 5) is 0. The summed E-state index contributed by atoms with van der Waals surface area (Å²) < 4.78 is 6.77. The fourth-order valence-electron chi connectivity index (χ4n) is 1.90. The number of halogens is 1. The number of hydrogen-bond donors (Lipinski definition) is 1. The second-order valence-corrected chi connectivity index (χ2v) is 5.59. The summed E-state index contributed by atoms with van der Waals surface area (Å²) in [5.74, 6) is 1.30. The molecule has 21 heavy (non-hydrogen) atoms. The van der Waals surface area contributed by atoms with Crippen molar-refractivity contribution in [2.75, 3.05) is 6.54 Å². The average molecular weight is 345 g/mol. The van der Waals surface area contributed by atoms with Crippen molar-refractivity contribution < 1.29 is 4.74 Å². The van der Waals surface area contributed by atoms with Gasteiger partial charge >= 0.3 is 0 Å². The van der Waals surface area contributed by atoms with Crippen molar-refractivity contribution in [1.82, 2.24) is 5.32 Å². The summed E-state index contributed by atoms with van der Waals surface area (Å²) in [7, 11) is 0. The standard InChI is InChI=1S/C17H17BrN2O/c1-2-9-20-12-13-3-8-17(14(10-13)11-19)21-16-6-4-15(18)5-7-16/h3-8,10,20H,2,9,12H2,1H3. The maximum atomic E-state index is 9.28. The van der Waals surface area contributed by atoms with Gasteiger partial charge in [-0.25, -0.2) is 0 Å². The Labute approximate surface area is 133 Å². The minimum absolute atomic E-state index is 0.550. The molecule has 0 unspecified atom stereocenters. The number of nitrogens with one attached hydrogen (secondary N) is 1. The molecule has 0 aliphatic heterocycles. The Hall–Kier alpha value is -1.83. The predicted octanol–water partition coefficient (Wildman–Crippen LogP) is 4.61. The van der Waals surface area contributed by atoms with E-state index in [0.29, 0.717) is 17.1 Å². The van der Waals surface area contributed by atoms with E-state index in [4.69, 9.17) is 4.74 Å². The highest BCUT2D eigenvalue weighted by atomic mass is 79.9. The third-order valence-corrected chi connectivity index (χ3v) is 3.49. The van der Waals surface area contributed by atoms with E-state index < -0.39 is 0 Å². The van der Waals surface area contributed by atoms with Gasteiger partial charge in [-0.3, -0.25) is 0 Å². The van der Waals surface area contributed by atoms with Gasteiger partial charge in [-0.15, -0.1) is 0 Å². The van der Waals surface area contributed by atoms with Gasteiger partial charge in [-0.2, -0.15) is 5.26 Å². The van der Waals surface area contributed by atoms with Gasteiger partial charge in [0, 0.05) is 11.0 Å². The van der Waals surface area contributed by atoms with Crippen LogP contribution in [-0.4, -0.2) is 6.54 Å². The van der Waals surface area contributed by atoms with E-state index in [1.54, 1.807) is 0 Å². The van der Waals surface area contributed by atoms with Gasteiger partial charge in [0.1, 0.15) is 17.6 Å². The number of nitrogens with zero attached hydrogens (tertiary/aromatic N) is 1. The molecule has 0 saturated heterocycles. The molecule has 0 aliphatic rings. The Morgan fingerprint density at radius 2 is 1.95 bits per heavy atom. The van der Waals surface area contributed by atoms with Crippen LogP contribution in [0, 0.1) is 11.3 Å². The lowest BCUT2D eigenvalue weighted by atomic mass is 10.1. The highest BCUT2D eigenvalue weighted by molar-refractivity contribution is 9.10. The van der Waals surface area contributed by atoms with Crippen LogP contribution >= 0.6 is 15.9 Å². The Kier molecular flexibility index (Phi) is 5.79. The molecule has 0 bridgehead atoms. The number of ether oxygens (including phenoxy) is 1. The first-order valence-corrected chi connectivity index (χ1v) is 7.69. The van der Waals surface area contributed by atoms with E-state index in [0.717, 1.165) is 29.5 Å². The van der Waals surface area contributed by atoms with Crippen LogP contribution in [0.2, 0.25) is 0 Å². The maximum Gasteiger partial charge on any atom is 0.145 e. The van der Waals surface area contributed by atoms with E-state index in [1.165, 1.54) is 0 Å². The summed E-state index contributed by atoms with van der Waals surface area (Å²) in [5.41, 5.74) is 1.64. The Balaban J connectivity index is 2.12. The second-order valence-electron chi connectivity index (χ2n) is 4.68. The Morgan fingerprint density at radius 3 is 2.62 bits per heavy atom. The second kappa shape index (κ2) is 7.82. The van der Waals surface area contributed by atoms with Crippen LogP contribution < -0.4 is 10.1 Å². The average Bonchev–Trinajstić information content (AvgIpc) is 2.51. The van der Waals surface area contributed by atoms with Gasteiger partial charge in [0.15, 0.2) is 0 Å². The fourth-order valence-corrected chi connectivity index (χ4v) is 2.17. The molecule has 2 aromatic rings. The van der Waals surface area contributed by atoms with Crippen molar-refractivity contribution in [2.45, 2.75) is 19.9 Å². The molecule has 0 aliphatic carbocycles. The summed E-state index contributed by atoms with van der Waals surface area (Å²) in [5, 5.41) is 12.6. The van der Waals surface area contributed by atoms with Crippen molar-refractivity contribution in [3.63, 3.8) is 0 Å². The first kappa shape index (κ1) is 15.6. The van der Waals surface area contributed by atoms with E-state index in [9.17, 15) is 5.26 Å². The minimum atomic E-state index is 0.550. The van der Waals surface area contributed by atoms with Crippen LogP contribution in [0.1, 0.15) is 24.5 Å². The zero-order valence-corrected chi connectivity index (χ0v) is 13.5. The molecule has 1 N–H and O–H groups in total. The zero-order valence-electron chi connectivity index (χ0n) is 11.9.